The van der Waals surface area contributed by atoms with Gasteiger partial charge in [0, 0.05) is 18.0 Å². The third-order valence-corrected chi connectivity index (χ3v) is 2.55. The van der Waals surface area contributed by atoms with E-state index in [4.69, 9.17) is 5.73 Å². The average molecular weight is 256 g/mol. The van der Waals surface area contributed by atoms with Crippen molar-refractivity contribution in [3.8, 4) is 11.3 Å². The highest BCUT2D eigenvalue weighted by Gasteiger charge is 2.11. The zero-order valence-electron chi connectivity index (χ0n) is 10.2. The standard InChI is InChI=1S/C11H12N8/c1-6-2-9(19-18-6)16-10-7(3-14-11(12)17-10)8-4-13-5-15-8/h2-5H,1H3,(H,13,15)(H4,12,14,16,17,18,19). The van der Waals surface area contributed by atoms with Crippen molar-refractivity contribution in [2.24, 2.45) is 0 Å². The van der Waals surface area contributed by atoms with Crippen LogP contribution in [0.5, 0.6) is 0 Å². The van der Waals surface area contributed by atoms with Gasteiger partial charge >= 0.3 is 0 Å². The molecule has 0 bridgehead atoms. The van der Waals surface area contributed by atoms with Crippen LogP contribution in [-0.2, 0) is 0 Å². The van der Waals surface area contributed by atoms with Crippen LogP contribution in [0.25, 0.3) is 11.3 Å². The summed E-state index contributed by atoms with van der Waals surface area (Å²) in [4.78, 5) is 15.2. The summed E-state index contributed by atoms with van der Waals surface area (Å²) in [6, 6.07) is 1.87. The Labute approximate surface area is 108 Å². The highest BCUT2D eigenvalue weighted by Crippen LogP contribution is 2.26. The lowest BCUT2D eigenvalue weighted by Gasteiger charge is -2.07. The molecule has 0 fully saturated rings. The van der Waals surface area contributed by atoms with E-state index in [1.165, 1.54) is 0 Å². The van der Waals surface area contributed by atoms with Gasteiger partial charge in [-0.25, -0.2) is 9.97 Å². The Balaban J connectivity index is 2.01. The van der Waals surface area contributed by atoms with Crippen LogP contribution in [-0.4, -0.2) is 30.1 Å². The molecule has 0 aromatic carbocycles. The van der Waals surface area contributed by atoms with Crippen molar-refractivity contribution in [1.82, 2.24) is 30.1 Å². The van der Waals surface area contributed by atoms with Crippen molar-refractivity contribution in [3.05, 3.63) is 30.5 Å². The van der Waals surface area contributed by atoms with Gasteiger partial charge in [0.2, 0.25) is 5.95 Å². The number of aromatic amines is 2. The van der Waals surface area contributed by atoms with Gasteiger partial charge < -0.3 is 16.0 Å². The van der Waals surface area contributed by atoms with Gasteiger partial charge in [-0.2, -0.15) is 10.1 Å². The highest BCUT2D eigenvalue weighted by molar-refractivity contribution is 5.75. The van der Waals surface area contributed by atoms with Gasteiger partial charge in [0.1, 0.15) is 5.82 Å². The molecule has 3 aromatic heterocycles. The molecule has 0 aliphatic heterocycles. The SMILES string of the molecule is Cc1cc(Nc2nc(N)ncc2-c2cnc[nH]2)n[nH]1. The Morgan fingerprint density at radius 3 is 2.89 bits per heavy atom. The molecule has 0 atom stereocenters. The summed E-state index contributed by atoms with van der Waals surface area (Å²) in [5.74, 6) is 1.43. The Kier molecular flexibility index (Phi) is 2.60. The molecule has 8 nitrogen and oxygen atoms in total. The van der Waals surface area contributed by atoms with Gasteiger partial charge in [0.15, 0.2) is 5.82 Å². The summed E-state index contributed by atoms with van der Waals surface area (Å²) in [6.45, 7) is 1.92. The highest BCUT2D eigenvalue weighted by atomic mass is 15.2. The molecular weight excluding hydrogens is 244 g/mol. The number of imidazole rings is 1. The van der Waals surface area contributed by atoms with Crippen molar-refractivity contribution in [3.63, 3.8) is 0 Å². The van der Waals surface area contributed by atoms with Gasteiger partial charge in [-0.05, 0) is 6.92 Å². The van der Waals surface area contributed by atoms with E-state index < -0.39 is 0 Å². The zero-order chi connectivity index (χ0) is 13.2. The third kappa shape index (κ3) is 2.23. The van der Waals surface area contributed by atoms with Crippen molar-refractivity contribution in [1.29, 1.82) is 0 Å². The van der Waals surface area contributed by atoms with Crippen LogP contribution in [0.1, 0.15) is 5.69 Å². The number of hydrogen-bond donors (Lipinski definition) is 4. The first-order valence-corrected chi connectivity index (χ1v) is 5.62. The van der Waals surface area contributed by atoms with Gasteiger partial charge in [0.05, 0.1) is 23.8 Å². The monoisotopic (exact) mass is 256 g/mol. The Bertz CT molecular complexity index is 685. The molecule has 0 unspecified atom stereocenters. The van der Waals surface area contributed by atoms with Crippen LogP contribution in [0.3, 0.4) is 0 Å². The lowest BCUT2D eigenvalue weighted by Crippen LogP contribution is -2.02. The minimum absolute atomic E-state index is 0.193. The summed E-state index contributed by atoms with van der Waals surface area (Å²) >= 11 is 0. The van der Waals surface area contributed by atoms with Gasteiger partial charge in [0.25, 0.3) is 0 Å². The lowest BCUT2D eigenvalue weighted by molar-refractivity contribution is 1.05. The molecule has 3 rings (SSSR count). The minimum Gasteiger partial charge on any atom is -0.368 e. The fraction of sp³-hybridized carbons (Fsp3) is 0.0909. The second-order valence-electron chi connectivity index (χ2n) is 4.02. The molecular formula is C11H12N8. The zero-order valence-corrected chi connectivity index (χ0v) is 10.2. The fourth-order valence-electron chi connectivity index (χ4n) is 1.69. The molecule has 3 heterocycles. The molecule has 96 valence electrons. The number of H-pyrrole nitrogens is 2. The fourth-order valence-corrected chi connectivity index (χ4v) is 1.69. The van der Waals surface area contributed by atoms with E-state index in [9.17, 15) is 0 Å². The Hall–Kier alpha value is -2.90. The number of nitrogens with zero attached hydrogens (tertiary/aromatic N) is 4. The van der Waals surface area contributed by atoms with Gasteiger partial charge in [-0.1, -0.05) is 0 Å². The molecule has 19 heavy (non-hydrogen) atoms. The third-order valence-electron chi connectivity index (χ3n) is 2.55. The summed E-state index contributed by atoms with van der Waals surface area (Å²) in [5.41, 5.74) is 8.15. The van der Waals surface area contributed by atoms with Crippen LogP contribution < -0.4 is 11.1 Å². The maximum Gasteiger partial charge on any atom is 0.221 e. The van der Waals surface area contributed by atoms with Crippen LogP contribution in [0.2, 0.25) is 0 Å². The quantitative estimate of drug-likeness (QED) is 0.559. The Morgan fingerprint density at radius 1 is 1.32 bits per heavy atom. The first kappa shape index (κ1) is 11.2. The van der Waals surface area contributed by atoms with Crippen molar-refractivity contribution < 1.29 is 0 Å². The molecule has 0 spiro atoms. The van der Waals surface area contributed by atoms with Crippen LogP contribution in [0, 0.1) is 6.92 Å². The summed E-state index contributed by atoms with van der Waals surface area (Å²) in [6.07, 6.45) is 4.92. The smallest absolute Gasteiger partial charge is 0.221 e. The minimum atomic E-state index is 0.193. The number of nitrogen functional groups attached to an aromatic ring is 1. The van der Waals surface area contributed by atoms with E-state index in [0.29, 0.717) is 11.6 Å². The normalized spacial score (nSPS) is 10.6. The molecule has 0 aliphatic rings. The largest absolute Gasteiger partial charge is 0.368 e. The molecule has 0 amide bonds. The number of aryl methyl sites for hydroxylation is 1. The molecule has 5 N–H and O–H groups in total. The van der Waals surface area contributed by atoms with Crippen molar-refractivity contribution >= 4 is 17.6 Å². The van der Waals surface area contributed by atoms with Crippen molar-refractivity contribution in [2.45, 2.75) is 6.92 Å². The number of aromatic nitrogens is 6. The first-order valence-electron chi connectivity index (χ1n) is 5.62. The van der Waals surface area contributed by atoms with E-state index in [2.05, 4.69) is 35.5 Å². The predicted octanol–water partition coefficient (Wildman–Crippen LogP) is 1.22. The molecule has 3 aromatic rings. The number of hydrogen-bond acceptors (Lipinski definition) is 6. The first-order chi connectivity index (χ1) is 9.22. The lowest BCUT2D eigenvalue weighted by atomic mass is 10.2. The number of nitrogens with two attached hydrogens (primary N) is 1. The predicted molar refractivity (Wildman–Crippen MR) is 70.6 cm³/mol. The maximum atomic E-state index is 5.62. The van der Waals surface area contributed by atoms with Crippen molar-refractivity contribution in [2.75, 3.05) is 11.1 Å². The number of nitrogens with one attached hydrogen (secondary N) is 3. The summed E-state index contributed by atoms with van der Waals surface area (Å²) in [5, 5.41) is 10.1. The van der Waals surface area contributed by atoms with Gasteiger partial charge in [-0.3, -0.25) is 5.10 Å². The number of rotatable bonds is 3. The summed E-state index contributed by atoms with van der Waals surface area (Å²) < 4.78 is 0. The van der Waals surface area contributed by atoms with E-state index in [-0.39, 0.29) is 5.95 Å². The van der Waals surface area contributed by atoms with E-state index in [1.807, 2.05) is 13.0 Å². The Morgan fingerprint density at radius 2 is 2.21 bits per heavy atom. The topological polar surface area (TPSA) is 121 Å². The number of anilines is 3. The second kappa shape index (κ2) is 4.41. The molecule has 0 saturated carbocycles. The average Bonchev–Trinajstić information content (AvgIpc) is 3.01. The molecule has 0 saturated heterocycles. The molecule has 0 radical (unpaired) electrons. The van der Waals surface area contributed by atoms with Gasteiger partial charge in [-0.15, -0.1) is 0 Å². The second-order valence-corrected chi connectivity index (χ2v) is 4.02. The van der Waals surface area contributed by atoms with Crippen LogP contribution in [0.4, 0.5) is 17.6 Å². The van der Waals surface area contributed by atoms with Crippen LogP contribution in [0.15, 0.2) is 24.8 Å². The van der Waals surface area contributed by atoms with E-state index in [1.54, 1.807) is 18.7 Å². The molecule has 0 aliphatic carbocycles. The molecule has 8 heteroatoms. The van der Waals surface area contributed by atoms with E-state index in [0.717, 1.165) is 17.0 Å². The maximum absolute atomic E-state index is 5.62. The summed E-state index contributed by atoms with van der Waals surface area (Å²) in [7, 11) is 0. The van der Waals surface area contributed by atoms with E-state index >= 15 is 0 Å². The van der Waals surface area contributed by atoms with Crippen LogP contribution >= 0.6 is 0 Å².